The zero-order valence-corrected chi connectivity index (χ0v) is 17.9. The Kier molecular flexibility index (Phi) is 6.89. The first kappa shape index (κ1) is 21.7. The number of nitrogens with one attached hydrogen (secondary N) is 1. The topological polar surface area (TPSA) is 61.9 Å². The number of benzene rings is 2. The number of ether oxygens (including phenoxy) is 1. The highest BCUT2D eigenvalue weighted by molar-refractivity contribution is 7.89. The maximum absolute atomic E-state index is 13.4. The molecule has 1 saturated heterocycles. The molecule has 0 bridgehead atoms. The van der Waals surface area contributed by atoms with E-state index >= 15 is 0 Å². The van der Waals surface area contributed by atoms with Gasteiger partial charge in [0.25, 0.3) is 0 Å². The van der Waals surface area contributed by atoms with Crippen LogP contribution in [0.2, 0.25) is 0 Å². The Bertz CT molecular complexity index is 927. The van der Waals surface area contributed by atoms with Gasteiger partial charge in [-0.05, 0) is 55.4 Å². The van der Waals surface area contributed by atoms with E-state index in [9.17, 15) is 12.8 Å². The minimum Gasteiger partial charge on any atom is -0.496 e. The summed E-state index contributed by atoms with van der Waals surface area (Å²) in [4.78, 5) is 4.68. The number of rotatable bonds is 7. The third-order valence-electron chi connectivity index (χ3n) is 5.38. The fourth-order valence-electron chi connectivity index (χ4n) is 3.57. The molecule has 0 aromatic heterocycles. The van der Waals surface area contributed by atoms with Crippen molar-refractivity contribution in [3.63, 3.8) is 0 Å². The normalized spacial score (nSPS) is 17.2. The third kappa shape index (κ3) is 5.33. The van der Waals surface area contributed by atoms with Crippen LogP contribution in [0.4, 0.5) is 4.39 Å². The maximum Gasteiger partial charge on any atom is 0.240 e. The number of likely N-dealkylation sites (N-methyl/N-ethyl adjacent to an activating group) is 1. The van der Waals surface area contributed by atoms with Crippen molar-refractivity contribution in [1.82, 2.24) is 14.5 Å². The summed E-state index contributed by atoms with van der Waals surface area (Å²) >= 11 is 0. The second-order valence-electron chi connectivity index (χ2n) is 7.39. The summed E-state index contributed by atoms with van der Waals surface area (Å²) in [5.74, 6) is 0.339. The Morgan fingerprint density at radius 2 is 1.76 bits per heavy atom. The molecule has 0 aliphatic carbocycles. The van der Waals surface area contributed by atoms with Crippen LogP contribution in [0.15, 0.2) is 47.4 Å². The van der Waals surface area contributed by atoms with Crippen LogP contribution >= 0.6 is 0 Å². The summed E-state index contributed by atoms with van der Waals surface area (Å²) in [5.41, 5.74) is 1.65. The first-order valence-corrected chi connectivity index (χ1v) is 11.1. The van der Waals surface area contributed by atoms with Crippen LogP contribution in [-0.4, -0.2) is 65.1 Å². The molecule has 3 rings (SSSR count). The molecule has 1 fully saturated rings. The first-order valence-electron chi connectivity index (χ1n) is 9.62. The van der Waals surface area contributed by atoms with Gasteiger partial charge >= 0.3 is 0 Å². The Morgan fingerprint density at radius 3 is 2.34 bits per heavy atom. The van der Waals surface area contributed by atoms with Crippen LogP contribution in [0.25, 0.3) is 0 Å². The van der Waals surface area contributed by atoms with Crippen molar-refractivity contribution in [2.75, 3.05) is 46.9 Å². The molecule has 1 heterocycles. The zero-order chi connectivity index (χ0) is 21.0. The SMILES string of the molecule is COc1ccc(S(=O)(=O)NC[C@@H](c2ccc(F)cc2)N2CCN(C)CC2)cc1C. The molecule has 0 unspecified atom stereocenters. The number of piperazine rings is 1. The number of aryl methyl sites for hydroxylation is 1. The third-order valence-corrected chi connectivity index (χ3v) is 6.80. The Balaban J connectivity index is 1.80. The molecule has 8 heteroatoms. The van der Waals surface area contributed by atoms with E-state index < -0.39 is 10.0 Å². The molecule has 1 atom stereocenters. The van der Waals surface area contributed by atoms with Crippen LogP contribution in [0.1, 0.15) is 17.2 Å². The molecule has 29 heavy (non-hydrogen) atoms. The summed E-state index contributed by atoms with van der Waals surface area (Å²) in [6.45, 7) is 5.47. The molecule has 2 aromatic rings. The van der Waals surface area contributed by atoms with Gasteiger partial charge in [0.15, 0.2) is 0 Å². The van der Waals surface area contributed by atoms with Crippen molar-refractivity contribution in [3.05, 3.63) is 59.4 Å². The molecule has 0 amide bonds. The van der Waals surface area contributed by atoms with Gasteiger partial charge in [-0.3, -0.25) is 4.90 Å². The van der Waals surface area contributed by atoms with Crippen molar-refractivity contribution in [3.8, 4) is 5.75 Å². The van der Waals surface area contributed by atoms with E-state index in [2.05, 4.69) is 21.6 Å². The van der Waals surface area contributed by atoms with Crippen LogP contribution in [0, 0.1) is 12.7 Å². The summed E-state index contributed by atoms with van der Waals surface area (Å²) in [6.07, 6.45) is 0. The number of sulfonamides is 1. The van der Waals surface area contributed by atoms with Crippen LogP contribution in [0.3, 0.4) is 0 Å². The number of nitrogens with zero attached hydrogens (tertiary/aromatic N) is 2. The molecule has 0 saturated carbocycles. The van der Waals surface area contributed by atoms with Crippen molar-refractivity contribution in [2.24, 2.45) is 0 Å². The highest BCUT2D eigenvalue weighted by atomic mass is 32.2. The first-order chi connectivity index (χ1) is 13.8. The van der Waals surface area contributed by atoms with Crippen molar-refractivity contribution < 1.29 is 17.5 Å². The maximum atomic E-state index is 13.4. The summed E-state index contributed by atoms with van der Waals surface area (Å²) in [5, 5.41) is 0. The second-order valence-corrected chi connectivity index (χ2v) is 9.16. The zero-order valence-electron chi connectivity index (χ0n) is 17.1. The van der Waals surface area contributed by atoms with Crippen LogP contribution in [-0.2, 0) is 10.0 Å². The smallest absolute Gasteiger partial charge is 0.240 e. The van der Waals surface area contributed by atoms with Gasteiger partial charge in [0.1, 0.15) is 11.6 Å². The lowest BCUT2D eigenvalue weighted by molar-refractivity contribution is 0.113. The standard InChI is InChI=1S/C21H28FN3O3S/c1-16-14-19(8-9-21(16)28-3)29(26,27)23-15-20(17-4-6-18(22)7-5-17)25-12-10-24(2)11-13-25/h4-9,14,20,23H,10-13,15H2,1-3H3/t20-/m0/s1. The lowest BCUT2D eigenvalue weighted by Crippen LogP contribution is -2.48. The fourth-order valence-corrected chi connectivity index (χ4v) is 4.69. The second kappa shape index (κ2) is 9.21. The van der Waals surface area contributed by atoms with E-state index in [1.165, 1.54) is 18.2 Å². The van der Waals surface area contributed by atoms with Gasteiger partial charge in [-0.1, -0.05) is 12.1 Å². The average molecular weight is 422 g/mol. The van der Waals surface area contributed by atoms with Crippen molar-refractivity contribution in [2.45, 2.75) is 17.9 Å². The fraction of sp³-hybridized carbons (Fsp3) is 0.429. The van der Waals surface area contributed by atoms with Crippen LogP contribution in [0.5, 0.6) is 5.75 Å². The summed E-state index contributed by atoms with van der Waals surface area (Å²) in [7, 11) is -0.0631. The Morgan fingerprint density at radius 1 is 1.10 bits per heavy atom. The Labute approximate surface area is 172 Å². The molecule has 2 aromatic carbocycles. The highest BCUT2D eigenvalue weighted by Crippen LogP contribution is 2.24. The predicted octanol–water partition coefficient (Wildman–Crippen LogP) is 2.41. The molecular formula is C21H28FN3O3S. The summed E-state index contributed by atoms with van der Waals surface area (Å²) in [6, 6.07) is 10.9. The molecule has 158 valence electrons. The van der Waals surface area contributed by atoms with Gasteiger partial charge < -0.3 is 9.64 Å². The predicted molar refractivity (Wildman–Crippen MR) is 111 cm³/mol. The Hall–Kier alpha value is -2.00. The lowest BCUT2D eigenvalue weighted by Gasteiger charge is -2.38. The molecule has 1 aliphatic rings. The van der Waals surface area contributed by atoms with Crippen molar-refractivity contribution >= 4 is 10.0 Å². The average Bonchev–Trinajstić information content (AvgIpc) is 2.70. The molecule has 0 radical (unpaired) electrons. The number of methoxy groups -OCH3 is 1. The van der Waals surface area contributed by atoms with E-state index in [4.69, 9.17) is 4.74 Å². The van der Waals surface area contributed by atoms with Gasteiger partial charge in [-0.15, -0.1) is 0 Å². The van der Waals surface area contributed by atoms with E-state index in [1.807, 2.05) is 6.92 Å². The minimum atomic E-state index is -3.69. The van der Waals surface area contributed by atoms with E-state index in [-0.39, 0.29) is 23.3 Å². The quantitative estimate of drug-likeness (QED) is 0.744. The highest BCUT2D eigenvalue weighted by Gasteiger charge is 2.26. The molecular weight excluding hydrogens is 393 g/mol. The molecule has 1 N–H and O–H groups in total. The summed E-state index contributed by atoms with van der Waals surface area (Å²) < 4.78 is 47.1. The van der Waals surface area contributed by atoms with Gasteiger partial charge in [-0.2, -0.15) is 0 Å². The molecule has 0 spiro atoms. The van der Waals surface area contributed by atoms with E-state index in [0.717, 1.165) is 37.3 Å². The largest absolute Gasteiger partial charge is 0.496 e. The van der Waals surface area contributed by atoms with Gasteiger partial charge in [0.2, 0.25) is 10.0 Å². The monoisotopic (exact) mass is 421 g/mol. The van der Waals surface area contributed by atoms with Gasteiger partial charge in [0.05, 0.1) is 12.0 Å². The van der Waals surface area contributed by atoms with Crippen molar-refractivity contribution in [1.29, 1.82) is 0 Å². The molecule has 1 aliphatic heterocycles. The van der Waals surface area contributed by atoms with E-state index in [0.29, 0.717) is 5.75 Å². The van der Waals surface area contributed by atoms with E-state index in [1.54, 1.807) is 31.4 Å². The minimum absolute atomic E-state index is 0.168. The number of halogens is 1. The number of hydrogen-bond acceptors (Lipinski definition) is 5. The van der Waals surface area contributed by atoms with Gasteiger partial charge in [0, 0.05) is 38.8 Å². The van der Waals surface area contributed by atoms with Gasteiger partial charge in [-0.25, -0.2) is 17.5 Å². The number of hydrogen-bond donors (Lipinski definition) is 1. The molecule has 6 nitrogen and oxygen atoms in total. The van der Waals surface area contributed by atoms with Crippen LogP contribution < -0.4 is 9.46 Å². The lowest BCUT2D eigenvalue weighted by atomic mass is 10.0.